The lowest BCUT2D eigenvalue weighted by molar-refractivity contribution is -0.135. The summed E-state index contributed by atoms with van der Waals surface area (Å²) in [6.07, 6.45) is 5.94. The molecule has 1 saturated heterocycles. The minimum absolute atomic E-state index is 0.318. The van der Waals surface area contributed by atoms with Crippen molar-refractivity contribution in [2.45, 2.75) is 44.6 Å². The Morgan fingerprint density at radius 2 is 1.70 bits per heavy atom. The van der Waals surface area contributed by atoms with Gasteiger partial charge >= 0.3 is 6.03 Å². The fourth-order valence-corrected chi connectivity index (χ4v) is 4.23. The monoisotopic (exact) mass is 478 g/mol. The van der Waals surface area contributed by atoms with Gasteiger partial charge < -0.3 is 25.6 Å². The molecule has 0 spiro atoms. The number of carbonyl (C=O) groups excluding carboxylic acids is 4. The molecule has 1 aliphatic carbocycles. The van der Waals surface area contributed by atoms with E-state index >= 15 is 0 Å². The van der Waals surface area contributed by atoms with Crippen LogP contribution in [0.2, 0.25) is 5.02 Å². The number of nitrogens with one attached hydrogen (secondary N) is 3. The molecule has 0 bridgehead atoms. The molecule has 1 aliphatic heterocycles. The van der Waals surface area contributed by atoms with Gasteiger partial charge in [0.05, 0.1) is 19.8 Å². The zero-order valence-corrected chi connectivity index (χ0v) is 19.4. The Balaban J connectivity index is 1.54. The number of nitrogens with zero attached hydrogens (tertiary/aromatic N) is 1. The number of ether oxygens (including phenoxy) is 1. The maximum Gasteiger partial charge on any atom is 0.318 e. The van der Waals surface area contributed by atoms with E-state index in [1.54, 1.807) is 29.2 Å². The lowest BCUT2D eigenvalue weighted by Crippen LogP contribution is -2.54. The van der Waals surface area contributed by atoms with Crippen molar-refractivity contribution in [3.8, 4) is 0 Å². The van der Waals surface area contributed by atoms with Crippen LogP contribution >= 0.6 is 11.6 Å². The maximum absolute atomic E-state index is 12.9. The van der Waals surface area contributed by atoms with E-state index < -0.39 is 30.2 Å². The maximum atomic E-state index is 12.9. The average molecular weight is 479 g/mol. The third kappa shape index (κ3) is 8.01. The third-order valence-corrected chi connectivity index (χ3v) is 6.24. The zero-order chi connectivity index (χ0) is 23.6. The Labute approximate surface area is 198 Å². The standard InChI is InChI=1S/C23H31ClN4O5/c24-17-6-8-18(9-7-17)26-22(31)20(29)15-25-21(30)19(14-16-4-2-1-3-5-16)27-23(32)28-10-12-33-13-11-28/h6-9,16,19H,1-5,10-15H2,(H,25,30)(H,26,31)(H,27,32). The quantitative estimate of drug-likeness (QED) is 0.496. The second-order valence-corrected chi connectivity index (χ2v) is 8.88. The number of halogens is 1. The number of hydrogen-bond acceptors (Lipinski definition) is 5. The summed E-state index contributed by atoms with van der Waals surface area (Å²) in [7, 11) is 0. The molecule has 3 rings (SSSR count). The summed E-state index contributed by atoms with van der Waals surface area (Å²) in [6, 6.07) is 5.25. The fraction of sp³-hybridized carbons (Fsp3) is 0.565. The minimum atomic E-state index is -0.834. The average Bonchev–Trinajstić information content (AvgIpc) is 2.84. The summed E-state index contributed by atoms with van der Waals surface area (Å²) in [6.45, 7) is 1.40. The lowest BCUT2D eigenvalue weighted by atomic mass is 9.84. The van der Waals surface area contributed by atoms with Crippen molar-refractivity contribution in [2.24, 2.45) is 5.92 Å². The molecular weight excluding hydrogens is 448 g/mol. The van der Waals surface area contributed by atoms with Gasteiger partial charge in [-0.15, -0.1) is 0 Å². The van der Waals surface area contributed by atoms with Crippen LogP contribution in [0.25, 0.3) is 0 Å². The number of rotatable bonds is 8. The van der Waals surface area contributed by atoms with E-state index in [0.29, 0.717) is 49.4 Å². The van der Waals surface area contributed by atoms with E-state index in [9.17, 15) is 19.2 Å². The topological polar surface area (TPSA) is 117 Å². The Morgan fingerprint density at radius 3 is 2.36 bits per heavy atom. The summed E-state index contributed by atoms with van der Waals surface area (Å²) in [5, 5.41) is 8.34. The normalized spacial score (nSPS) is 17.7. The van der Waals surface area contributed by atoms with Crippen molar-refractivity contribution in [1.29, 1.82) is 0 Å². The first-order valence-corrected chi connectivity index (χ1v) is 11.8. The fourth-order valence-electron chi connectivity index (χ4n) is 4.10. The smallest absolute Gasteiger partial charge is 0.318 e. The van der Waals surface area contributed by atoms with Gasteiger partial charge in [-0.3, -0.25) is 14.4 Å². The first-order chi connectivity index (χ1) is 15.9. The predicted molar refractivity (Wildman–Crippen MR) is 124 cm³/mol. The van der Waals surface area contributed by atoms with Crippen molar-refractivity contribution in [3.63, 3.8) is 0 Å². The summed E-state index contributed by atoms with van der Waals surface area (Å²) in [4.78, 5) is 51.6. The molecular formula is C23H31ClN4O5. The van der Waals surface area contributed by atoms with Crippen LogP contribution in [0.15, 0.2) is 24.3 Å². The Morgan fingerprint density at radius 1 is 1.03 bits per heavy atom. The number of hydrogen-bond donors (Lipinski definition) is 3. The molecule has 1 aromatic carbocycles. The van der Waals surface area contributed by atoms with Crippen LogP contribution in [0, 0.1) is 5.92 Å². The number of benzene rings is 1. The molecule has 0 radical (unpaired) electrons. The third-order valence-electron chi connectivity index (χ3n) is 5.98. The molecule has 2 fully saturated rings. The summed E-state index contributed by atoms with van der Waals surface area (Å²) < 4.78 is 5.28. The summed E-state index contributed by atoms with van der Waals surface area (Å²) in [5.41, 5.74) is 0.428. The molecule has 0 aromatic heterocycles. The van der Waals surface area contributed by atoms with Gasteiger partial charge in [-0.25, -0.2) is 4.79 Å². The molecule has 33 heavy (non-hydrogen) atoms. The number of ketones is 1. The number of urea groups is 1. The molecule has 1 unspecified atom stereocenters. The second-order valence-electron chi connectivity index (χ2n) is 8.44. The molecule has 180 valence electrons. The van der Waals surface area contributed by atoms with Crippen molar-refractivity contribution in [1.82, 2.24) is 15.5 Å². The SMILES string of the molecule is O=C(CNC(=O)C(CC1CCCCC1)NC(=O)N1CCOCC1)C(=O)Nc1ccc(Cl)cc1. The van der Waals surface area contributed by atoms with Crippen LogP contribution in [0.1, 0.15) is 38.5 Å². The minimum Gasteiger partial charge on any atom is -0.378 e. The first-order valence-electron chi connectivity index (χ1n) is 11.4. The number of Topliss-reactive ketones (excluding diaryl/α,β-unsaturated/α-hetero) is 1. The Hall–Kier alpha value is -2.65. The van der Waals surface area contributed by atoms with Gasteiger partial charge in [0.1, 0.15) is 6.04 Å². The van der Waals surface area contributed by atoms with Gasteiger partial charge in [0, 0.05) is 23.8 Å². The van der Waals surface area contributed by atoms with Crippen molar-refractivity contribution >= 4 is 40.9 Å². The molecule has 10 heteroatoms. The highest BCUT2D eigenvalue weighted by Crippen LogP contribution is 2.27. The molecule has 4 amide bonds. The first kappa shape index (κ1) is 25.0. The van der Waals surface area contributed by atoms with E-state index in [-0.39, 0.29) is 6.03 Å². The Kier molecular flexibility index (Phi) is 9.50. The summed E-state index contributed by atoms with van der Waals surface area (Å²) in [5.74, 6) is -1.74. The molecule has 1 heterocycles. The van der Waals surface area contributed by atoms with Gasteiger partial charge in [-0.2, -0.15) is 0 Å². The number of anilines is 1. The number of morpholine rings is 1. The number of carbonyl (C=O) groups is 4. The molecule has 1 atom stereocenters. The van der Waals surface area contributed by atoms with Crippen molar-refractivity contribution in [3.05, 3.63) is 29.3 Å². The van der Waals surface area contributed by atoms with Gasteiger partial charge in [0.15, 0.2) is 0 Å². The zero-order valence-electron chi connectivity index (χ0n) is 18.6. The van der Waals surface area contributed by atoms with Gasteiger partial charge in [-0.1, -0.05) is 43.7 Å². The van der Waals surface area contributed by atoms with Crippen molar-refractivity contribution < 1.29 is 23.9 Å². The lowest BCUT2D eigenvalue weighted by Gasteiger charge is -2.31. The van der Waals surface area contributed by atoms with E-state index in [1.165, 1.54) is 6.42 Å². The van der Waals surface area contributed by atoms with Crippen LogP contribution in [0.5, 0.6) is 0 Å². The highest BCUT2D eigenvalue weighted by Gasteiger charge is 2.29. The van der Waals surface area contributed by atoms with Crippen molar-refractivity contribution in [2.75, 3.05) is 38.2 Å². The van der Waals surface area contributed by atoms with Crippen LogP contribution in [0.3, 0.4) is 0 Å². The second kappa shape index (κ2) is 12.6. The van der Waals surface area contributed by atoms with Gasteiger partial charge in [0.2, 0.25) is 11.7 Å². The van der Waals surface area contributed by atoms with Crippen LogP contribution in [-0.2, 0) is 19.1 Å². The largest absolute Gasteiger partial charge is 0.378 e. The van der Waals surface area contributed by atoms with Gasteiger partial charge in [0.25, 0.3) is 5.91 Å². The van der Waals surface area contributed by atoms with Crippen LogP contribution in [0.4, 0.5) is 10.5 Å². The molecule has 2 aliphatic rings. The van der Waals surface area contributed by atoms with E-state index in [1.807, 2.05) is 0 Å². The van der Waals surface area contributed by atoms with Gasteiger partial charge in [-0.05, 0) is 36.6 Å². The molecule has 1 saturated carbocycles. The Bertz CT molecular complexity index is 836. The number of amides is 4. The highest BCUT2D eigenvalue weighted by atomic mass is 35.5. The molecule has 3 N–H and O–H groups in total. The molecule has 9 nitrogen and oxygen atoms in total. The molecule has 1 aromatic rings. The highest BCUT2D eigenvalue weighted by molar-refractivity contribution is 6.41. The van der Waals surface area contributed by atoms with Crippen LogP contribution < -0.4 is 16.0 Å². The van der Waals surface area contributed by atoms with Crippen LogP contribution in [-0.4, -0.2) is 67.4 Å². The van der Waals surface area contributed by atoms with E-state index in [4.69, 9.17) is 16.3 Å². The van der Waals surface area contributed by atoms with E-state index in [2.05, 4.69) is 16.0 Å². The van der Waals surface area contributed by atoms with E-state index in [0.717, 1.165) is 25.7 Å². The predicted octanol–water partition coefficient (Wildman–Crippen LogP) is 2.34. The summed E-state index contributed by atoms with van der Waals surface area (Å²) >= 11 is 5.81.